The molecule has 0 spiro atoms. The topological polar surface area (TPSA) is 36.4 Å². The first-order valence-corrected chi connectivity index (χ1v) is 9.53. The Balaban J connectivity index is 0.00000225. The van der Waals surface area contributed by atoms with Gasteiger partial charge in [0.15, 0.2) is 5.96 Å². The number of halogens is 2. The molecule has 3 aromatic rings. The van der Waals surface area contributed by atoms with E-state index < -0.39 is 0 Å². The minimum absolute atomic E-state index is 0. The second-order valence-corrected chi connectivity index (χ2v) is 7.28. The molecule has 144 valence electrons. The van der Waals surface area contributed by atoms with E-state index in [1.165, 1.54) is 16.7 Å². The molecule has 5 heteroatoms. The van der Waals surface area contributed by atoms with E-state index in [1.807, 2.05) is 36.4 Å². The van der Waals surface area contributed by atoms with Gasteiger partial charge in [0.1, 0.15) is 0 Å². The van der Waals surface area contributed by atoms with Gasteiger partial charge in [0.25, 0.3) is 0 Å². The van der Waals surface area contributed by atoms with Crippen molar-refractivity contribution in [2.45, 2.75) is 19.4 Å². The van der Waals surface area contributed by atoms with Crippen LogP contribution in [0.15, 0.2) is 77.8 Å². The lowest BCUT2D eigenvalue weighted by molar-refractivity contribution is 0.742. The number of aryl methyl sites for hydroxylation is 1. The van der Waals surface area contributed by atoms with Gasteiger partial charge in [-0.3, -0.25) is 0 Å². The maximum absolute atomic E-state index is 6.30. The third-order valence-electron chi connectivity index (χ3n) is 4.85. The number of hydrogen-bond acceptors (Lipinski definition) is 3. The predicted molar refractivity (Wildman–Crippen MR) is 120 cm³/mol. The Bertz CT molecular complexity index is 953. The van der Waals surface area contributed by atoms with Crippen molar-refractivity contribution in [3.63, 3.8) is 0 Å². The molecule has 0 bridgehead atoms. The maximum Gasteiger partial charge on any atom is 0.196 e. The number of rotatable bonds is 3. The van der Waals surface area contributed by atoms with Crippen molar-refractivity contribution in [2.75, 3.05) is 6.54 Å². The van der Waals surface area contributed by atoms with Gasteiger partial charge in [-0.1, -0.05) is 71.8 Å². The summed E-state index contributed by atoms with van der Waals surface area (Å²) in [4.78, 5) is 4.82. The van der Waals surface area contributed by atoms with Crippen molar-refractivity contribution < 1.29 is 0 Å². The first-order valence-electron chi connectivity index (χ1n) is 9.15. The van der Waals surface area contributed by atoms with E-state index in [2.05, 4.69) is 54.0 Å². The summed E-state index contributed by atoms with van der Waals surface area (Å²) < 4.78 is 0. The van der Waals surface area contributed by atoms with Gasteiger partial charge in [-0.25, -0.2) is 4.99 Å². The van der Waals surface area contributed by atoms with E-state index >= 15 is 0 Å². The van der Waals surface area contributed by atoms with Crippen LogP contribution in [0.4, 0.5) is 5.69 Å². The summed E-state index contributed by atoms with van der Waals surface area (Å²) in [6.07, 6.45) is 0. The highest BCUT2D eigenvalue weighted by atomic mass is 35.5. The van der Waals surface area contributed by atoms with Gasteiger partial charge in [0.2, 0.25) is 0 Å². The summed E-state index contributed by atoms with van der Waals surface area (Å²) in [6.45, 7) is 3.59. The van der Waals surface area contributed by atoms with E-state index in [0.29, 0.717) is 0 Å². The zero-order valence-electron chi connectivity index (χ0n) is 15.7. The number of fused-ring (bicyclic) bond motifs is 1. The molecular formula is C23H23Cl2N3. The lowest BCUT2D eigenvalue weighted by Gasteiger charge is -2.18. The minimum atomic E-state index is 0. The molecule has 4 rings (SSSR count). The molecule has 3 nitrogen and oxygen atoms in total. The van der Waals surface area contributed by atoms with Crippen molar-refractivity contribution in [2.24, 2.45) is 4.99 Å². The van der Waals surface area contributed by atoms with Gasteiger partial charge < -0.3 is 10.6 Å². The Hall–Kier alpha value is -2.49. The molecule has 1 unspecified atom stereocenters. The van der Waals surface area contributed by atoms with Crippen LogP contribution in [-0.2, 0) is 6.54 Å². The van der Waals surface area contributed by atoms with Gasteiger partial charge in [-0.2, -0.15) is 0 Å². The number of guanidine groups is 1. The highest BCUT2D eigenvalue weighted by Gasteiger charge is 2.22. The van der Waals surface area contributed by atoms with E-state index in [9.17, 15) is 0 Å². The number of nitrogens with zero attached hydrogens (tertiary/aromatic N) is 1. The standard InChI is InChI=1S/C23H22ClN3.ClH/c1-16-7-9-18(10-8-16)21-15-26-23(25-14-17-5-3-2-4-6-17)27-22-12-11-19(24)13-20(21)22;/h2-13,21H,14-15H2,1H3,(H2,25,26,27);1H. The first kappa shape index (κ1) is 20.2. The molecule has 0 aromatic heterocycles. The molecule has 2 N–H and O–H groups in total. The predicted octanol–water partition coefficient (Wildman–Crippen LogP) is 5.58. The Morgan fingerprint density at radius 1 is 1.04 bits per heavy atom. The Labute approximate surface area is 177 Å². The normalized spacial score (nSPS) is 15.4. The van der Waals surface area contributed by atoms with Crippen LogP contribution in [0.2, 0.25) is 5.02 Å². The van der Waals surface area contributed by atoms with Gasteiger partial charge in [-0.15, -0.1) is 12.4 Å². The Kier molecular flexibility index (Phi) is 6.61. The minimum Gasteiger partial charge on any atom is -0.355 e. The third-order valence-corrected chi connectivity index (χ3v) is 5.09. The lowest BCUT2D eigenvalue weighted by Crippen LogP contribution is -2.37. The Morgan fingerprint density at radius 3 is 2.54 bits per heavy atom. The van der Waals surface area contributed by atoms with Crippen molar-refractivity contribution in [1.82, 2.24) is 10.6 Å². The zero-order valence-corrected chi connectivity index (χ0v) is 17.2. The molecule has 1 aliphatic heterocycles. The van der Waals surface area contributed by atoms with Crippen molar-refractivity contribution in [3.05, 3.63) is 100 Å². The summed E-state index contributed by atoms with van der Waals surface area (Å²) in [5, 5.41) is 7.64. The van der Waals surface area contributed by atoms with Gasteiger partial charge >= 0.3 is 0 Å². The van der Waals surface area contributed by atoms with E-state index in [0.717, 1.165) is 35.3 Å². The van der Waals surface area contributed by atoms with Crippen LogP contribution in [0.25, 0.3) is 0 Å². The number of aliphatic imine (C=N–C) groups is 1. The van der Waals surface area contributed by atoms with Gasteiger partial charge in [0, 0.05) is 24.0 Å². The fraction of sp³-hybridized carbons (Fsp3) is 0.174. The molecule has 0 radical (unpaired) electrons. The van der Waals surface area contributed by atoms with Crippen molar-refractivity contribution in [1.29, 1.82) is 0 Å². The summed E-state index contributed by atoms with van der Waals surface area (Å²) in [6, 6.07) is 24.9. The smallest absolute Gasteiger partial charge is 0.196 e. The highest BCUT2D eigenvalue weighted by Crippen LogP contribution is 2.35. The molecule has 1 atom stereocenters. The van der Waals surface area contributed by atoms with E-state index in [-0.39, 0.29) is 18.3 Å². The van der Waals surface area contributed by atoms with E-state index in [4.69, 9.17) is 16.6 Å². The molecule has 0 fully saturated rings. The van der Waals surface area contributed by atoms with Crippen LogP contribution in [0, 0.1) is 6.92 Å². The number of nitrogens with one attached hydrogen (secondary N) is 2. The number of hydrogen-bond donors (Lipinski definition) is 2. The van der Waals surface area contributed by atoms with Crippen LogP contribution >= 0.6 is 24.0 Å². The first-order chi connectivity index (χ1) is 13.2. The average Bonchev–Trinajstić information content (AvgIpc) is 2.87. The molecule has 1 aliphatic rings. The maximum atomic E-state index is 6.30. The second-order valence-electron chi connectivity index (χ2n) is 6.85. The Morgan fingerprint density at radius 2 is 1.79 bits per heavy atom. The summed E-state index contributed by atoms with van der Waals surface area (Å²) >= 11 is 6.30. The molecule has 0 aliphatic carbocycles. The summed E-state index contributed by atoms with van der Waals surface area (Å²) in [7, 11) is 0. The highest BCUT2D eigenvalue weighted by molar-refractivity contribution is 6.30. The molecular weight excluding hydrogens is 389 g/mol. The van der Waals surface area contributed by atoms with E-state index in [1.54, 1.807) is 0 Å². The largest absolute Gasteiger partial charge is 0.355 e. The van der Waals surface area contributed by atoms with Crippen LogP contribution < -0.4 is 10.6 Å². The SMILES string of the molecule is Cc1ccc(C2CNC(NCc3ccccc3)=Nc3ccc(Cl)cc32)cc1.Cl. The van der Waals surface area contributed by atoms with Gasteiger partial charge in [0.05, 0.1) is 5.69 Å². The molecule has 1 heterocycles. The average molecular weight is 412 g/mol. The number of benzene rings is 3. The lowest BCUT2D eigenvalue weighted by atomic mass is 9.90. The fourth-order valence-corrected chi connectivity index (χ4v) is 3.54. The molecule has 3 aromatic carbocycles. The summed E-state index contributed by atoms with van der Waals surface area (Å²) in [5.74, 6) is 0.983. The zero-order chi connectivity index (χ0) is 18.6. The van der Waals surface area contributed by atoms with Crippen LogP contribution in [0.1, 0.15) is 28.2 Å². The summed E-state index contributed by atoms with van der Waals surface area (Å²) in [5.41, 5.74) is 5.84. The third kappa shape index (κ3) is 4.67. The van der Waals surface area contributed by atoms with Crippen LogP contribution in [0.5, 0.6) is 0 Å². The monoisotopic (exact) mass is 411 g/mol. The quantitative estimate of drug-likeness (QED) is 0.589. The van der Waals surface area contributed by atoms with Crippen LogP contribution in [0.3, 0.4) is 0 Å². The molecule has 0 amide bonds. The molecule has 28 heavy (non-hydrogen) atoms. The van der Waals surface area contributed by atoms with Crippen LogP contribution in [-0.4, -0.2) is 12.5 Å². The van der Waals surface area contributed by atoms with Crippen molar-refractivity contribution in [3.8, 4) is 0 Å². The molecule has 0 saturated heterocycles. The fourth-order valence-electron chi connectivity index (χ4n) is 3.35. The van der Waals surface area contributed by atoms with Crippen molar-refractivity contribution >= 4 is 35.7 Å². The second kappa shape index (κ2) is 9.13. The molecule has 0 saturated carbocycles. The van der Waals surface area contributed by atoms with Gasteiger partial charge in [-0.05, 0) is 41.8 Å².